The van der Waals surface area contributed by atoms with Gasteiger partial charge >= 0.3 is 5.97 Å². The SMILES string of the molecule is Cc1noc(COC(=O)[C@@H](Nc2ccc(S(=O)(=O)N3CCOCC3)cc2[N+](=O)[O-])C(C)C)n1. The zero-order valence-electron chi connectivity index (χ0n) is 18.4. The molecule has 0 aliphatic carbocycles. The van der Waals surface area contributed by atoms with Crippen molar-refractivity contribution in [3.05, 3.63) is 40.0 Å². The summed E-state index contributed by atoms with van der Waals surface area (Å²) in [4.78, 5) is 27.4. The first kappa shape index (κ1) is 24.5. The van der Waals surface area contributed by atoms with Gasteiger partial charge in [0.05, 0.1) is 23.0 Å². The summed E-state index contributed by atoms with van der Waals surface area (Å²) in [6.45, 7) is 5.68. The van der Waals surface area contributed by atoms with E-state index in [4.69, 9.17) is 14.0 Å². The minimum atomic E-state index is -3.93. The summed E-state index contributed by atoms with van der Waals surface area (Å²) in [5.41, 5.74) is -0.486. The topological polar surface area (TPSA) is 167 Å². The molecule has 14 heteroatoms. The fourth-order valence-corrected chi connectivity index (χ4v) is 4.60. The van der Waals surface area contributed by atoms with Crippen molar-refractivity contribution in [2.45, 2.75) is 38.3 Å². The quantitative estimate of drug-likeness (QED) is 0.312. The van der Waals surface area contributed by atoms with Crippen molar-refractivity contribution in [3.8, 4) is 0 Å². The minimum Gasteiger partial charge on any atom is -0.454 e. The molecule has 1 N–H and O–H groups in total. The molecular weight excluding hydrogens is 458 g/mol. The number of nitro benzene ring substituents is 1. The first-order valence-corrected chi connectivity index (χ1v) is 11.6. The van der Waals surface area contributed by atoms with E-state index in [0.717, 1.165) is 6.07 Å². The summed E-state index contributed by atoms with van der Waals surface area (Å²) in [6, 6.07) is 2.57. The van der Waals surface area contributed by atoms with Crippen LogP contribution in [0, 0.1) is 23.0 Å². The van der Waals surface area contributed by atoms with Gasteiger partial charge in [-0.3, -0.25) is 10.1 Å². The van der Waals surface area contributed by atoms with Crippen molar-refractivity contribution in [1.82, 2.24) is 14.4 Å². The molecule has 1 aliphatic rings. The molecule has 1 aromatic heterocycles. The Kier molecular flexibility index (Phi) is 7.61. The van der Waals surface area contributed by atoms with E-state index >= 15 is 0 Å². The molecule has 1 aromatic carbocycles. The number of ether oxygens (including phenoxy) is 2. The third-order valence-electron chi connectivity index (χ3n) is 4.91. The van der Waals surface area contributed by atoms with Crippen LogP contribution in [0.15, 0.2) is 27.6 Å². The van der Waals surface area contributed by atoms with Crippen LogP contribution in [-0.2, 0) is 30.9 Å². The molecule has 13 nitrogen and oxygen atoms in total. The second kappa shape index (κ2) is 10.2. The highest BCUT2D eigenvalue weighted by Gasteiger charge is 2.31. The van der Waals surface area contributed by atoms with Crippen molar-refractivity contribution in [2.24, 2.45) is 5.92 Å². The molecule has 0 saturated carbocycles. The number of hydrogen-bond donors (Lipinski definition) is 1. The van der Waals surface area contributed by atoms with Gasteiger partial charge in [-0.1, -0.05) is 19.0 Å². The summed E-state index contributed by atoms with van der Waals surface area (Å²) in [6.07, 6.45) is 0. The van der Waals surface area contributed by atoms with Gasteiger partial charge in [-0.2, -0.15) is 9.29 Å². The van der Waals surface area contributed by atoms with Crippen LogP contribution in [0.4, 0.5) is 11.4 Å². The third-order valence-corrected chi connectivity index (χ3v) is 6.81. The fraction of sp³-hybridized carbons (Fsp3) is 0.526. The van der Waals surface area contributed by atoms with Crippen LogP contribution in [0.3, 0.4) is 0 Å². The number of carbonyl (C=O) groups excluding carboxylic acids is 1. The van der Waals surface area contributed by atoms with Crippen molar-refractivity contribution >= 4 is 27.4 Å². The molecule has 2 aromatic rings. The maximum Gasteiger partial charge on any atom is 0.329 e. The molecule has 180 valence electrons. The summed E-state index contributed by atoms with van der Waals surface area (Å²) >= 11 is 0. The average Bonchev–Trinajstić information content (AvgIpc) is 3.21. The van der Waals surface area contributed by atoms with Crippen LogP contribution in [-0.4, -0.2) is 66.1 Å². The largest absolute Gasteiger partial charge is 0.454 e. The Balaban J connectivity index is 1.81. The number of hydrogen-bond acceptors (Lipinski definition) is 11. The Labute approximate surface area is 190 Å². The fourth-order valence-electron chi connectivity index (χ4n) is 3.17. The van der Waals surface area contributed by atoms with Crippen molar-refractivity contribution in [2.75, 3.05) is 31.6 Å². The van der Waals surface area contributed by atoms with E-state index in [2.05, 4.69) is 15.5 Å². The summed E-state index contributed by atoms with van der Waals surface area (Å²) in [7, 11) is -3.93. The number of nitrogens with one attached hydrogen (secondary N) is 1. The second-order valence-electron chi connectivity index (χ2n) is 7.66. The highest BCUT2D eigenvalue weighted by atomic mass is 32.2. The molecule has 1 atom stereocenters. The molecule has 2 heterocycles. The molecule has 0 radical (unpaired) electrons. The molecule has 1 saturated heterocycles. The maximum absolute atomic E-state index is 12.9. The highest BCUT2D eigenvalue weighted by Crippen LogP contribution is 2.30. The summed E-state index contributed by atoms with van der Waals surface area (Å²) in [5.74, 6) is -0.479. The van der Waals surface area contributed by atoms with Gasteiger partial charge in [-0.05, 0) is 25.0 Å². The minimum absolute atomic E-state index is 0.00906. The van der Waals surface area contributed by atoms with Gasteiger partial charge in [-0.25, -0.2) is 13.2 Å². The number of esters is 1. The Bertz CT molecular complexity index is 1110. The lowest BCUT2D eigenvalue weighted by Gasteiger charge is -2.26. The number of nitro groups is 1. The number of anilines is 1. The van der Waals surface area contributed by atoms with Crippen LogP contribution in [0.5, 0.6) is 0 Å². The van der Waals surface area contributed by atoms with Crippen LogP contribution in [0.1, 0.15) is 25.6 Å². The first-order valence-electron chi connectivity index (χ1n) is 10.2. The Hall–Kier alpha value is -3.10. The zero-order valence-corrected chi connectivity index (χ0v) is 19.2. The van der Waals surface area contributed by atoms with E-state index < -0.39 is 32.6 Å². The van der Waals surface area contributed by atoms with Crippen LogP contribution in [0.25, 0.3) is 0 Å². The zero-order chi connectivity index (χ0) is 24.2. The van der Waals surface area contributed by atoms with Gasteiger partial charge < -0.3 is 19.3 Å². The molecule has 1 aliphatic heterocycles. The number of aryl methyl sites for hydroxylation is 1. The highest BCUT2D eigenvalue weighted by molar-refractivity contribution is 7.89. The predicted octanol–water partition coefficient (Wildman–Crippen LogP) is 1.49. The smallest absolute Gasteiger partial charge is 0.329 e. The van der Waals surface area contributed by atoms with Gasteiger partial charge in [0.15, 0.2) is 12.4 Å². The van der Waals surface area contributed by atoms with E-state index in [1.54, 1.807) is 20.8 Å². The van der Waals surface area contributed by atoms with E-state index in [0.29, 0.717) is 5.82 Å². The Morgan fingerprint density at radius 1 is 1.33 bits per heavy atom. The number of morpholine rings is 1. The van der Waals surface area contributed by atoms with E-state index in [9.17, 15) is 23.3 Å². The van der Waals surface area contributed by atoms with Gasteiger partial charge in [0.25, 0.3) is 11.6 Å². The van der Waals surface area contributed by atoms with Crippen LogP contribution < -0.4 is 5.32 Å². The standard InChI is InChI=1S/C19H25N5O8S/c1-12(2)18(19(25)31-11-17-20-13(3)22-32-17)21-15-5-4-14(10-16(15)24(26)27)33(28,29)23-6-8-30-9-7-23/h4-5,10,12,18,21H,6-9,11H2,1-3H3/t18-/m0/s1. The lowest BCUT2D eigenvalue weighted by atomic mass is 10.0. The lowest BCUT2D eigenvalue weighted by molar-refractivity contribution is -0.384. The van der Waals surface area contributed by atoms with Gasteiger partial charge in [-0.15, -0.1) is 0 Å². The van der Waals surface area contributed by atoms with Crippen molar-refractivity contribution < 1.29 is 32.1 Å². The van der Waals surface area contributed by atoms with Crippen molar-refractivity contribution in [1.29, 1.82) is 0 Å². The number of rotatable bonds is 9. The molecule has 3 rings (SSSR count). The van der Waals surface area contributed by atoms with E-state index in [1.165, 1.54) is 16.4 Å². The molecule has 1 fully saturated rings. The normalized spacial score (nSPS) is 15.9. The van der Waals surface area contributed by atoms with Crippen molar-refractivity contribution in [3.63, 3.8) is 0 Å². The molecule has 33 heavy (non-hydrogen) atoms. The van der Waals surface area contributed by atoms with E-state index in [1.807, 2.05) is 0 Å². The molecule has 0 bridgehead atoms. The van der Waals surface area contributed by atoms with E-state index in [-0.39, 0.29) is 55.3 Å². The molecule has 0 unspecified atom stereocenters. The van der Waals surface area contributed by atoms with Gasteiger partial charge in [0, 0.05) is 19.2 Å². The lowest BCUT2D eigenvalue weighted by Crippen LogP contribution is -2.40. The molecule has 0 amide bonds. The molecule has 0 spiro atoms. The van der Waals surface area contributed by atoms with Gasteiger partial charge in [0.2, 0.25) is 10.0 Å². The number of aromatic nitrogens is 2. The Morgan fingerprint density at radius 2 is 2.03 bits per heavy atom. The third kappa shape index (κ3) is 5.83. The first-order chi connectivity index (χ1) is 15.6. The number of carbonyl (C=O) groups is 1. The van der Waals surface area contributed by atoms with Gasteiger partial charge in [0.1, 0.15) is 11.7 Å². The average molecular weight is 484 g/mol. The predicted molar refractivity (Wildman–Crippen MR) is 114 cm³/mol. The number of sulfonamides is 1. The second-order valence-corrected chi connectivity index (χ2v) is 9.60. The van der Waals surface area contributed by atoms with Crippen LogP contribution >= 0.6 is 0 Å². The monoisotopic (exact) mass is 483 g/mol. The summed E-state index contributed by atoms with van der Waals surface area (Å²) < 4.78 is 42.2. The Morgan fingerprint density at radius 3 is 2.61 bits per heavy atom. The molecular formula is C19H25N5O8S. The summed E-state index contributed by atoms with van der Waals surface area (Å²) in [5, 5.41) is 18.1. The maximum atomic E-state index is 12.9. The number of nitrogens with zero attached hydrogens (tertiary/aromatic N) is 4. The van der Waals surface area contributed by atoms with Crippen LogP contribution in [0.2, 0.25) is 0 Å². The number of benzene rings is 1.